The summed E-state index contributed by atoms with van der Waals surface area (Å²) >= 11 is 1.65. The topological polar surface area (TPSA) is 71.8 Å². The highest BCUT2D eigenvalue weighted by molar-refractivity contribution is 7.98. The third kappa shape index (κ3) is 6.84. The number of rotatable bonds is 9. The van der Waals surface area contributed by atoms with Crippen molar-refractivity contribution < 1.29 is 4.79 Å². The lowest BCUT2D eigenvalue weighted by Gasteiger charge is -2.25. The maximum Gasteiger partial charge on any atom is 0.315 e. The van der Waals surface area contributed by atoms with Gasteiger partial charge in [0.25, 0.3) is 0 Å². The zero-order valence-electron chi connectivity index (χ0n) is 21.8. The van der Waals surface area contributed by atoms with Crippen LogP contribution in [0.5, 0.6) is 0 Å². The lowest BCUT2D eigenvalue weighted by atomic mass is 9.96. The van der Waals surface area contributed by atoms with Gasteiger partial charge >= 0.3 is 6.03 Å². The van der Waals surface area contributed by atoms with Crippen LogP contribution >= 0.6 is 11.8 Å². The first-order chi connectivity index (χ1) is 18.7. The van der Waals surface area contributed by atoms with E-state index in [0.29, 0.717) is 6.42 Å². The van der Waals surface area contributed by atoms with Crippen LogP contribution < -0.4 is 10.6 Å². The molecule has 196 valence electrons. The van der Waals surface area contributed by atoms with Gasteiger partial charge in [-0.3, -0.25) is 4.57 Å². The van der Waals surface area contributed by atoms with Gasteiger partial charge in [0.1, 0.15) is 0 Å². The summed E-state index contributed by atoms with van der Waals surface area (Å²) in [7, 11) is 0. The van der Waals surface area contributed by atoms with Crippen molar-refractivity contribution in [2.24, 2.45) is 0 Å². The van der Waals surface area contributed by atoms with Crippen LogP contribution in [0, 0.1) is 6.92 Å². The monoisotopic (exact) mass is 525 g/mol. The Hall–Kier alpha value is -3.58. The number of nitrogens with one attached hydrogen (secondary N) is 2. The fourth-order valence-electron chi connectivity index (χ4n) is 4.95. The third-order valence-electron chi connectivity index (χ3n) is 7.00. The van der Waals surface area contributed by atoms with E-state index in [-0.39, 0.29) is 18.1 Å². The van der Waals surface area contributed by atoms with Gasteiger partial charge in [-0.05, 0) is 43.0 Å². The molecule has 2 N–H and O–H groups in total. The van der Waals surface area contributed by atoms with Crippen molar-refractivity contribution in [1.29, 1.82) is 0 Å². The van der Waals surface area contributed by atoms with Crippen molar-refractivity contribution in [2.75, 3.05) is 0 Å². The van der Waals surface area contributed by atoms with Gasteiger partial charge in [-0.2, -0.15) is 0 Å². The van der Waals surface area contributed by atoms with Gasteiger partial charge in [0.15, 0.2) is 11.0 Å². The number of aromatic nitrogens is 3. The van der Waals surface area contributed by atoms with Crippen LogP contribution in [0.15, 0.2) is 90.1 Å². The van der Waals surface area contributed by atoms with E-state index in [0.717, 1.165) is 40.8 Å². The first-order valence-corrected chi connectivity index (χ1v) is 14.4. The number of nitrogens with zero attached hydrogens (tertiary/aromatic N) is 3. The van der Waals surface area contributed by atoms with Crippen LogP contribution in [-0.4, -0.2) is 26.8 Å². The van der Waals surface area contributed by atoms with Crippen molar-refractivity contribution in [3.05, 3.63) is 107 Å². The van der Waals surface area contributed by atoms with Crippen LogP contribution in [0.1, 0.15) is 60.7 Å². The Labute approximate surface area is 229 Å². The molecule has 1 heterocycles. The molecule has 38 heavy (non-hydrogen) atoms. The van der Waals surface area contributed by atoms with Crippen molar-refractivity contribution in [3.63, 3.8) is 0 Å². The Bertz CT molecular complexity index is 1300. The number of carbonyl (C=O) groups is 1. The lowest BCUT2D eigenvalue weighted by Crippen LogP contribution is -2.45. The summed E-state index contributed by atoms with van der Waals surface area (Å²) in [4.78, 5) is 13.2. The number of aryl methyl sites for hydroxylation is 1. The van der Waals surface area contributed by atoms with Gasteiger partial charge in [0, 0.05) is 23.9 Å². The molecule has 5 rings (SSSR count). The maximum absolute atomic E-state index is 13.2. The minimum absolute atomic E-state index is 0.144. The summed E-state index contributed by atoms with van der Waals surface area (Å²) in [6.07, 6.45) is 6.28. The first kappa shape index (κ1) is 26.0. The normalized spacial score (nSPS) is 14.7. The predicted molar refractivity (Wildman–Crippen MR) is 154 cm³/mol. The fourth-order valence-corrected chi connectivity index (χ4v) is 5.86. The third-order valence-corrected chi connectivity index (χ3v) is 8.00. The van der Waals surface area contributed by atoms with Gasteiger partial charge in [-0.1, -0.05) is 109 Å². The van der Waals surface area contributed by atoms with Crippen LogP contribution in [0.25, 0.3) is 5.69 Å². The van der Waals surface area contributed by atoms with Crippen LogP contribution in [-0.2, 0) is 12.2 Å². The van der Waals surface area contributed by atoms with Crippen molar-refractivity contribution in [2.45, 2.75) is 68.4 Å². The molecule has 1 aliphatic rings. The minimum Gasteiger partial charge on any atom is -0.335 e. The highest BCUT2D eigenvalue weighted by Gasteiger charge is 2.26. The average molecular weight is 526 g/mol. The molecule has 0 radical (unpaired) electrons. The number of thioether (sulfide) groups is 1. The second-order valence-electron chi connectivity index (χ2n) is 9.98. The molecule has 1 aromatic heterocycles. The molecule has 1 unspecified atom stereocenters. The second kappa shape index (κ2) is 12.8. The number of hydrogen-bond acceptors (Lipinski definition) is 4. The quantitative estimate of drug-likeness (QED) is 0.236. The van der Waals surface area contributed by atoms with E-state index < -0.39 is 0 Å². The first-order valence-electron chi connectivity index (χ1n) is 13.5. The maximum atomic E-state index is 13.2. The van der Waals surface area contributed by atoms with Gasteiger partial charge in [-0.15, -0.1) is 10.2 Å². The number of benzene rings is 3. The fraction of sp³-hybridized carbons (Fsp3) is 0.323. The number of urea groups is 1. The molecule has 0 bridgehead atoms. The summed E-state index contributed by atoms with van der Waals surface area (Å²) < 4.78 is 2.10. The zero-order valence-corrected chi connectivity index (χ0v) is 22.7. The number of hydrogen-bond donors (Lipinski definition) is 2. The van der Waals surface area contributed by atoms with Crippen molar-refractivity contribution in [3.8, 4) is 5.69 Å². The van der Waals surface area contributed by atoms with Crippen LogP contribution in [0.3, 0.4) is 0 Å². The zero-order chi connectivity index (χ0) is 26.2. The van der Waals surface area contributed by atoms with Gasteiger partial charge in [-0.25, -0.2) is 4.79 Å². The molecule has 0 spiro atoms. The Kier molecular flexibility index (Phi) is 8.76. The van der Waals surface area contributed by atoms with E-state index in [2.05, 4.69) is 93.0 Å². The second-order valence-corrected chi connectivity index (χ2v) is 10.9. The molecular formula is C31H35N5OS. The molecule has 4 aromatic rings. The molecule has 1 atom stereocenters. The molecule has 3 aromatic carbocycles. The minimum atomic E-state index is -0.346. The molecule has 6 nitrogen and oxygen atoms in total. The molecule has 7 heteroatoms. The Morgan fingerprint density at radius 2 is 1.55 bits per heavy atom. The van der Waals surface area contributed by atoms with E-state index in [1.165, 1.54) is 30.4 Å². The van der Waals surface area contributed by atoms with Crippen molar-refractivity contribution >= 4 is 17.8 Å². The summed E-state index contributed by atoms with van der Waals surface area (Å²) in [5.74, 6) is 1.51. The number of amides is 2. The molecule has 0 saturated heterocycles. The summed E-state index contributed by atoms with van der Waals surface area (Å²) in [5.41, 5.74) is 4.53. The smallest absolute Gasteiger partial charge is 0.315 e. The Morgan fingerprint density at radius 1 is 0.895 bits per heavy atom. The van der Waals surface area contributed by atoms with Gasteiger partial charge < -0.3 is 10.6 Å². The standard InChI is InChI=1S/C31H35N5OS/c1-23-17-19-27(20-18-23)36-29(34-35-31(36)38-22-25-13-7-3-8-14-25)28(21-24-11-5-2-6-12-24)33-30(37)32-26-15-9-4-10-16-26/h2-3,5-8,11-14,17-20,26,28H,4,9-10,15-16,21-22H2,1H3,(H2,32,33,37). The van der Waals surface area contributed by atoms with Crippen LogP contribution in [0.2, 0.25) is 0 Å². The van der Waals surface area contributed by atoms with E-state index in [1.807, 2.05) is 24.3 Å². The molecule has 1 saturated carbocycles. The highest BCUT2D eigenvalue weighted by atomic mass is 32.2. The van der Waals surface area contributed by atoms with Gasteiger partial charge in [0.05, 0.1) is 6.04 Å². The lowest BCUT2D eigenvalue weighted by molar-refractivity contribution is 0.228. The van der Waals surface area contributed by atoms with Gasteiger partial charge in [0.2, 0.25) is 0 Å². The molecule has 0 aliphatic heterocycles. The van der Waals surface area contributed by atoms with Crippen LogP contribution in [0.4, 0.5) is 4.79 Å². The Morgan fingerprint density at radius 3 is 2.24 bits per heavy atom. The molecule has 1 aliphatic carbocycles. The SMILES string of the molecule is Cc1ccc(-n2c(SCc3ccccc3)nnc2C(Cc2ccccc2)NC(=O)NC2CCCCC2)cc1. The number of carbonyl (C=O) groups excluding carboxylic acids is 1. The molecule has 2 amide bonds. The Balaban J connectivity index is 1.46. The predicted octanol–water partition coefficient (Wildman–Crippen LogP) is 6.78. The summed E-state index contributed by atoms with van der Waals surface area (Å²) in [6.45, 7) is 2.08. The summed E-state index contributed by atoms with van der Waals surface area (Å²) in [6, 6.07) is 28.7. The van der Waals surface area contributed by atoms with Crippen molar-refractivity contribution in [1.82, 2.24) is 25.4 Å². The highest BCUT2D eigenvalue weighted by Crippen LogP contribution is 2.29. The molecular weight excluding hydrogens is 490 g/mol. The average Bonchev–Trinajstić information content (AvgIpc) is 3.37. The van der Waals surface area contributed by atoms with E-state index >= 15 is 0 Å². The summed E-state index contributed by atoms with van der Waals surface area (Å²) in [5, 5.41) is 16.6. The largest absolute Gasteiger partial charge is 0.335 e. The molecule has 1 fully saturated rings. The van der Waals surface area contributed by atoms with E-state index in [9.17, 15) is 4.79 Å². The van der Waals surface area contributed by atoms with E-state index in [1.54, 1.807) is 11.8 Å². The van der Waals surface area contributed by atoms with E-state index in [4.69, 9.17) is 0 Å².